The van der Waals surface area contributed by atoms with Gasteiger partial charge < -0.3 is 19.5 Å². The van der Waals surface area contributed by atoms with Crippen molar-refractivity contribution in [3.05, 3.63) is 46.7 Å². The molecule has 0 bridgehead atoms. The van der Waals surface area contributed by atoms with Gasteiger partial charge in [-0.2, -0.15) is 0 Å². The van der Waals surface area contributed by atoms with Gasteiger partial charge in [0, 0.05) is 37.8 Å². The molecular formula is C18H20ClN3O4. The Morgan fingerprint density at radius 2 is 2.15 bits per heavy atom. The second-order valence-electron chi connectivity index (χ2n) is 5.83. The number of halogens is 1. The lowest BCUT2D eigenvalue weighted by molar-refractivity contribution is 0.0238. The average molecular weight is 378 g/mol. The third-order valence-corrected chi connectivity index (χ3v) is 4.25. The highest BCUT2D eigenvalue weighted by atomic mass is 35.5. The van der Waals surface area contributed by atoms with Crippen molar-refractivity contribution < 1.29 is 19.0 Å². The molecule has 3 heterocycles. The maximum absolute atomic E-state index is 12.3. The van der Waals surface area contributed by atoms with E-state index in [9.17, 15) is 4.79 Å². The van der Waals surface area contributed by atoms with Crippen molar-refractivity contribution in [3.63, 3.8) is 0 Å². The van der Waals surface area contributed by atoms with Crippen molar-refractivity contribution in [2.24, 2.45) is 0 Å². The van der Waals surface area contributed by atoms with Crippen molar-refractivity contribution in [1.82, 2.24) is 15.3 Å². The smallest absolute Gasteiger partial charge is 0.253 e. The molecule has 1 fully saturated rings. The Morgan fingerprint density at radius 3 is 2.88 bits per heavy atom. The molecule has 0 aromatic carbocycles. The largest absolute Gasteiger partial charge is 0.481 e. The number of pyridine rings is 2. The number of hydrogen-bond acceptors (Lipinski definition) is 6. The van der Waals surface area contributed by atoms with Crippen LogP contribution in [0.3, 0.4) is 0 Å². The predicted molar refractivity (Wildman–Crippen MR) is 95.7 cm³/mol. The Morgan fingerprint density at radius 1 is 1.35 bits per heavy atom. The number of carbonyl (C=O) groups is 1. The van der Waals surface area contributed by atoms with E-state index < -0.39 is 0 Å². The van der Waals surface area contributed by atoms with Crippen molar-refractivity contribution in [2.45, 2.75) is 25.5 Å². The van der Waals surface area contributed by atoms with Gasteiger partial charge in [0.25, 0.3) is 5.91 Å². The number of nitrogens with zero attached hydrogens (tertiary/aromatic N) is 2. The van der Waals surface area contributed by atoms with Gasteiger partial charge in [-0.15, -0.1) is 0 Å². The molecule has 7 nitrogen and oxygen atoms in total. The minimum atomic E-state index is -0.271. The zero-order chi connectivity index (χ0) is 18.4. The van der Waals surface area contributed by atoms with Crippen molar-refractivity contribution in [2.75, 3.05) is 20.3 Å². The summed E-state index contributed by atoms with van der Waals surface area (Å²) >= 11 is 6.23. The zero-order valence-electron chi connectivity index (χ0n) is 14.4. The summed E-state index contributed by atoms with van der Waals surface area (Å²) in [4.78, 5) is 20.5. The summed E-state index contributed by atoms with van der Waals surface area (Å²) in [5.74, 6) is 0.567. The molecule has 2 aromatic rings. The van der Waals surface area contributed by atoms with E-state index in [0.29, 0.717) is 42.1 Å². The van der Waals surface area contributed by atoms with Gasteiger partial charge in [-0.05, 0) is 17.7 Å². The Bertz CT molecular complexity index is 766. The molecule has 0 spiro atoms. The Hall–Kier alpha value is -2.38. The number of hydrogen-bond donors (Lipinski definition) is 1. The lowest BCUT2D eigenvalue weighted by Gasteiger charge is -2.23. The van der Waals surface area contributed by atoms with Gasteiger partial charge >= 0.3 is 0 Å². The molecule has 0 unspecified atom stereocenters. The first-order valence-electron chi connectivity index (χ1n) is 8.33. The number of rotatable bonds is 6. The number of nitrogens with one attached hydrogen (secondary N) is 1. The fourth-order valence-electron chi connectivity index (χ4n) is 2.54. The van der Waals surface area contributed by atoms with Crippen LogP contribution in [0.25, 0.3) is 0 Å². The quantitative estimate of drug-likeness (QED) is 0.833. The van der Waals surface area contributed by atoms with Crippen LogP contribution in [0.1, 0.15) is 28.8 Å². The van der Waals surface area contributed by atoms with Crippen molar-refractivity contribution >= 4 is 17.5 Å². The van der Waals surface area contributed by atoms with Crippen LogP contribution in [0.15, 0.2) is 30.6 Å². The van der Waals surface area contributed by atoms with Gasteiger partial charge in [-0.3, -0.25) is 4.79 Å². The molecule has 26 heavy (non-hydrogen) atoms. The average Bonchev–Trinajstić information content (AvgIpc) is 2.68. The second-order valence-corrected chi connectivity index (χ2v) is 6.24. The first kappa shape index (κ1) is 18.4. The highest BCUT2D eigenvalue weighted by Gasteiger charge is 2.18. The molecule has 0 radical (unpaired) electrons. The summed E-state index contributed by atoms with van der Waals surface area (Å²) in [6, 6.07) is 5.13. The van der Waals surface area contributed by atoms with E-state index in [4.69, 9.17) is 25.8 Å². The molecule has 1 amide bonds. The minimum Gasteiger partial charge on any atom is -0.481 e. The summed E-state index contributed by atoms with van der Waals surface area (Å²) in [5, 5.41) is 3.13. The molecular weight excluding hydrogens is 358 g/mol. The van der Waals surface area contributed by atoms with Crippen LogP contribution < -0.4 is 14.8 Å². The Balaban J connectivity index is 1.59. The van der Waals surface area contributed by atoms with Crippen LogP contribution in [0.2, 0.25) is 5.02 Å². The van der Waals surface area contributed by atoms with Gasteiger partial charge in [-0.25, -0.2) is 9.97 Å². The third-order valence-electron chi connectivity index (χ3n) is 3.98. The summed E-state index contributed by atoms with van der Waals surface area (Å²) in [6.07, 6.45) is 4.73. The number of amides is 1. The van der Waals surface area contributed by atoms with Gasteiger partial charge in [-0.1, -0.05) is 11.6 Å². The van der Waals surface area contributed by atoms with Gasteiger partial charge in [0.15, 0.2) is 0 Å². The fraction of sp³-hybridized carbons (Fsp3) is 0.389. The summed E-state index contributed by atoms with van der Waals surface area (Å²) < 4.78 is 16.2. The van der Waals surface area contributed by atoms with E-state index in [1.807, 2.05) is 0 Å². The molecule has 3 rings (SSSR count). The van der Waals surface area contributed by atoms with E-state index in [1.54, 1.807) is 31.5 Å². The lowest BCUT2D eigenvalue weighted by Crippen LogP contribution is -2.26. The summed E-state index contributed by atoms with van der Waals surface area (Å²) in [7, 11) is 1.54. The monoisotopic (exact) mass is 377 g/mol. The highest BCUT2D eigenvalue weighted by Crippen LogP contribution is 2.25. The molecule has 0 atom stereocenters. The molecule has 2 aromatic heterocycles. The van der Waals surface area contributed by atoms with Gasteiger partial charge in [0.2, 0.25) is 11.8 Å². The number of methoxy groups -OCH3 is 1. The van der Waals surface area contributed by atoms with E-state index in [0.717, 1.165) is 18.4 Å². The van der Waals surface area contributed by atoms with Crippen molar-refractivity contribution in [1.29, 1.82) is 0 Å². The molecule has 1 saturated heterocycles. The molecule has 138 valence electrons. The van der Waals surface area contributed by atoms with Crippen LogP contribution in [0.5, 0.6) is 11.8 Å². The second kappa shape index (κ2) is 8.82. The maximum atomic E-state index is 12.3. The fourth-order valence-corrected chi connectivity index (χ4v) is 2.76. The SMILES string of the molecule is COc1cc(CNC(=O)c2cnc(OC3CCOCC3)c(Cl)c2)ccn1. The standard InChI is InChI=1S/C18H20ClN3O4/c1-24-16-8-12(2-5-20-16)10-21-17(23)13-9-15(19)18(22-11-13)26-14-3-6-25-7-4-14/h2,5,8-9,11,14H,3-4,6-7,10H2,1H3,(H,21,23). The van der Waals surface area contributed by atoms with E-state index in [1.165, 1.54) is 6.20 Å². The lowest BCUT2D eigenvalue weighted by atomic mass is 10.1. The first-order chi connectivity index (χ1) is 12.7. The number of aromatic nitrogens is 2. The first-order valence-corrected chi connectivity index (χ1v) is 8.70. The minimum absolute atomic E-state index is 0.0371. The highest BCUT2D eigenvalue weighted by molar-refractivity contribution is 6.32. The van der Waals surface area contributed by atoms with E-state index in [-0.39, 0.29) is 12.0 Å². The van der Waals surface area contributed by atoms with Crippen molar-refractivity contribution in [3.8, 4) is 11.8 Å². The van der Waals surface area contributed by atoms with Crippen LogP contribution in [0, 0.1) is 0 Å². The van der Waals surface area contributed by atoms with Gasteiger partial charge in [0.1, 0.15) is 11.1 Å². The summed E-state index contributed by atoms with van der Waals surface area (Å²) in [6.45, 7) is 1.68. The number of ether oxygens (including phenoxy) is 3. The normalized spacial score (nSPS) is 14.7. The molecule has 8 heteroatoms. The van der Waals surface area contributed by atoms with E-state index in [2.05, 4.69) is 15.3 Å². The Kier molecular flexibility index (Phi) is 6.25. The van der Waals surface area contributed by atoms with Gasteiger partial charge in [0.05, 0.1) is 25.9 Å². The maximum Gasteiger partial charge on any atom is 0.253 e. The third kappa shape index (κ3) is 4.83. The molecule has 0 aliphatic carbocycles. The van der Waals surface area contributed by atoms with Crippen LogP contribution in [0.4, 0.5) is 0 Å². The predicted octanol–water partition coefficient (Wildman–Crippen LogP) is 2.63. The summed E-state index contributed by atoms with van der Waals surface area (Å²) in [5.41, 5.74) is 1.25. The van der Waals surface area contributed by atoms with Crippen LogP contribution >= 0.6 is 11.6 Å². The molecule has 1 aliphatic rings. The molecule has 1 aliphatic heterocycles. The number of carbonyl (C=O) groups excluding carboxylic acids is 1. The molecule has 0 saturated carbocycles. The topological polar surface area (TPSA) is 82.6 Å². The molecule has 1 N–H and O–H groups in total. The van der Waals surface area contributed by atoms with E-state index >= 15 is 0 Å². The van der Waals surface area contributed by atoms with Crippen LogP contribution in [-0.2, 0) is 11.3 Å². The zero-order valence-corrected chi connectivity index (χ0v) is 15.2. The Labute approximate surface area is 156 Å². The van der Waals surface area contributed by atoms with Crippen LogP contribution in [-0.4, -0.2) is 42.3 Å².